The van der Waals surface area contributed by atoms with Crippen molar-refractivity contribution in [2.45, 2.75) is 277 Å². The van der Waals surface area contributed by atoms with Gasteiger partial charge in [-0.25, -0.2) is 0 Å². The zero-order valence-electron chi connectivity index (χ0n) is 47.0. The summed E-state index contributed by atoms with van der Waals surface area (Å²) in [5.41, 5.74) is 0. The summed E-state index contributed by atoms with van der Waals surface area (Å²) in [5, 5.41) is 0. The van der Waals surface area contributed by atoms with Crippen LogP contribution in [0.25, 0.3) is 0 Å². The van der Waals surface area contributed by atoms with Crippen LogP contribution >= 0.6 is 0 Å². The van der Waals surface area contributed by atoms with Crippen molar-refractivity contribution in [3.63, 3.8) is 0 Å². The molecule has 0 amide bonds. The van der Waals surface area contributed by atoms with E-state index in [9.17, 15) is 0 Å². The molecule has 2 unspecified atom stereocenters. The number of ether oxygens (including phenoxy) is 4. The van der Waals surface area contributed by atoms with E-state index in [1.807, 2.05) is 0 Å². The molecule has 0 rings (SSSR count). The first-order valence-corrected chi connectivity index (χ1v) is 30.1. The van der Waals surface area contributed by atoms with Crippen molar-refractivity contribution in [3.8, 4) is 0 Å². The van der Waals surface area contributed by atoms with Crippen molar-refractivity contribution < 1.29 is 18.9 Å². The SMILES string of the molecule is CCCCC/C=C\C/C=C\CCCCCCCCOCC(COCC(CCCN(C)C)OCCCCCCCC/C=C\C/C=C\CCCCC)OCCCCCCCC/C=C\C/C=C\CCCCC. The highest BCUT2D eigenvalue weighted by Crippen LogP contribution is 2.14. The van der Waals surface area contributed by atoms with Crippen LogP contribution in [0.1, 0.15) is 265 Å². The summed E-state index contributed by atoms with van der Waals surface area (Å²) in [6.07, 6.45) is 75.9. The number of unbranched alkanes of at least 4 members (excludes halogenated alkanes) is 27. The average molecular weight is 967 g/mol. The van der Waals surface area contributed by atoms with E-state index < -0.39 is 0 Å². The Hall–Kier alpha value is -1.76. The van der Waals surface area contributed by atoms with Crippen LogP contribution in [-0.2, 0) is 18.9 Å². The second-order valence-electron chi connectivity index (χ2n) is 20.3. The zero-order valence-corrected chi connectivity index (χ0v) is 47.0. The number of rotatable bonds is 57. The van der Waals surface area contributed by atoms with Crippen LogP contribution in [-0.4, -0.2) is 77.4 Å². The standard InChI is InChI=1S/C64H119NO4/c1-6-9-12-15-18-21-24-27-30-33-36-39-42-45-48-51-57-66-61-64(69-59-53-50-47-44-41-38-35-32-29-26-23-20-17-14-11-8-3)62-67-60-63(55-54-56-65(4)5)68-58-52-49-46-43-40-37-34-31-28-25-22-19-16-13-10-7-2/h18-23,27-32,63-64H,6-17,24-26,33-62H2,1-5H3/b21-18-,22-19-,23-20-,30-27-,31-28-,32-29-. The molecule has 0 heterocycles. The lowest BCUT2D eigenvalue weighted by atomic mass is 10.1. The van der Waals surface area contributed by atoms with E-state index >= 15 is 0 Å². The van der Waals surface area contributed by atoms with E-state index in [0.717, 1.165) is 77.7 Å². The van der Waals surface area contributed by atoms with Crippen LogP contribution in [0, 0.1) is 0 Å². The van der Waals surface area contributed by atoms with E-state index in [2.05, 4.69) is 113 Å². The first-order valence-electron chi connectivity index (χ1n) is 30.1. The van der Waals surface area contributed by atoms with Gasteiger partial charge in [-0.05, 0) is 149 Å². The van der Waals surface area contributed by atoms with Crippen molar-refractivity contribution in [1.82, 2.24) is 4.90 Å². The molecule has 0 aromatic heterocycles. The van der Waals surface area contributed by atoms with Crippen molar-refractivity contribution in [2.24, 2.45) is 0 Å². The average Bonchev–Trinajstić information content (AvgIpc) is 3.34. The van der Waals surface area contributed by atoms with Crippen LogP contribution in [0.2, 0.25) is 0 Å². The highest BCUT2D eigenvalue weighted by atomic mass is 16.6. The molecule has 0 aromatic carbocycles. The second kappa shape index (κ2) is 60.5. The summed E-state index contributed by atoms with van der Waals surface area (Å²) in [5.74, 6) is 0. The summed E-state index contributed by atoms with van der Waals surface area (Å²) in [7, 11) is 4.31. The van der Waals surface area contributed by atoms with Gasteiger partial charge in [0.15, 0.2) is 0 Å². The van der Waals surface area contributed by atoms with Crippen molar-refractivity contribution >= 4 is 0 Å². The van der Waals surface area contributed by atoms with Gasteiger partial charge in [0, 0.05) is 19.8 Å². The maximum Gasteiger partial charge on any atom is 0.104 e. The predicted molar refractivity (Wildman–Crippen MR) is 307 cm³/mol. The fourth-order valence-electron chi connectivity index (χ4n) is 8.41. The van der Waals surface area contributed by atoms with E-state index in [-0.39, 0.29) is 12.2 Å². The van der Waals surface area contributed by atoms with Crippen LogP contribution < -0.4 is 0 Å². The van der Waals surface area contributed by atoms with Crippen molar-refractivity contribution in [1.29, 1.82) is 0 Å². The van der Waals surface area contributed by atoms with E-state index in [4.69, 9.17) is 18.9 Å². The normalized spacial score (nSPS) is 13.5. The Labute approximate surface area is 432 Å². The lowest BCUT2D eigenvalue weighted by Crippen LogP contribution is -2.30. The minimum Gasteiger partial charge on any atom is -0.379 e. The van der Waals surface area contributed by atoms with Crippen LogP contribution in [0.15, 0.2) is 72.9 Å². The maximum absolute atomic E-state index is 6.48. The molecule has 0 bridgehead atoms. The third-order valence-corrected chi connectivity index (χ3v) is 12.9. The Kier molecular flexibility index (Phi) is 59.0. The Morgan fingerprint density at radius 2 is 0.609 bits per heavy atom. The maximum atomic E-state index is 6.48. The lowest BCUT2D eigenvalue weighted by Gasteiger charge is -2.22. The molecular formula is C64H119NO4. The molecule has 0 fully saturated rings. The summed E-state index contributed by atoms with van der Waals surface area (Å²) in [4.78, 5) is 2.27. The molecule has 0 saturated carbocycles. The van der Waals surface area contributed by atoms with E-state index in [1.165, 1.54) is 193 Å². The third kappa shape index (κ3) is 58.7. The quantitative estimate of drug-likeness (QED) is 0.0449. The number of nitrogens with zero attached hydrogens (tertiary/aromatic N) is 1. The van der Waals surface area contributed by atoms with Gasteiger partial charge in [-0.2, -0.15) is 0 Å². The van der Waals surface area contributed by atoms with Gasteiger partial charge in [0.2, 0.25) is 0 Å². The third-order valence-electron chi connectivity index (χ3n) is 12.9. The molecule has 404 valence electrons. The predicted octanol–water partition coefficient (Wildman–Crippen LogP) is 19.6. The van der Waals surface area contributed by atoms with Gasteiger partial charge >= 0.3 is 0 Å². The summed E-state index contributed by atoms with van der Waals surface area (Å²) < 4.78 is 25.6. The molecule has 5 heteroatoms. The van der Waals surface area contributed by atoms with Gasteiger partial charge in [0.05, 0.1) is 25.9 Å². The molecule has 0 radical (unpaired) electrons. The minimum absolute atomic E-state index is 0.0253. The fourth-order valence-corrected chi connectivity index (χ4v) is 8.41. The molecule has 0 N–H and O–H groups in total. The van der Waals surface area contributed by atoms with Gasteiger partial charge in [-0.3, -0.25) is 0 Å². The summed E-state index contributed by atoms with van der Waals surface area (Å²) in [6, 6.07) is 0. The molecule has 0 aliphatic carbocycles. The van der Waals surface area contributed by atoms with E-state index in [0.29, 0.717) is 19.8 Å². The topological polar surface area (TPSA) is 40.2 Å². The van der Waals surface area contributed by atoms with Crippen LogP contribution in [0.3, 0.4) is 0 Å². The zero-order chi connectivity index (χ0) is 49.9. The van der Waals surface area contributed by atoms with Gasteiger partial charge in [-0.15, -0.1) is 0 Å². The Bertz CT molecular complexity index is 1140. The van der Waals surface area contributed by atoms with Gasteiger partial charge in [0.25, 0.3) is 0 Å². The van der Waals surface area contributed by atoms with E-state index in [1.54, 1.807) is 0 Å². The van der Waals surface area contributed by atoms with Gasteiger partial charge < -0.3 is 23.8 Å². The largest absolute Gasteiger partial charge is 0.379 e. The molecular weight excluding hydrogens is 847 g/mol. The monoisotopic (exact) mass is 966 g/mol. The Morgan fingerprint density at radius 1 is 0.304 bits per heavy atom. The molecule has 5 nitrogen and oxygen atoms in total. The van der Waals surface area contributed by atoms with Crippen LogP contribution in [0.5, 0.6) is 0 Å². The van der Waals surface area contributed by atoms with Crippen molar-refractivity contribution in [3.05, 3.63) is 72.9 Å². The van der Waals surface area contributed by atoms with Crippen molar-refractivity contribution in [2.75, 3.05) is 60.3 Å². The molecule has 0 aliphatic heterocycles. The second-order valence-corrected chi connectivity index (χ2v) is 20.3. The fraction of sp³-hybridized carbons (Fsp3) is 0.812. The highest BCUT2D eigenvalue weighted by molar-refractivity contribution is 4.94. The number of allylic oxidation sites excluding steroid dienone is 12. The van der Waals surface area contributed by atoms with Crippen LogP contribution in [0.4, 0.5) is 0 Å². The molecule has 0 aliphatic rings. The minimum atomic E-state index is -0.0253. The lowest BCUT2D eigenvalue weighted by molar-refractivity contribution is -0.0834. The number of hydrogen-bond donors (Lipinski definition) is 0. The Morgan fingerprint density at radius 3 is 0.986 bits per heavy atom. The highest BCUT2D eigenvalue weighted by Gasteiger charge is 2.15. The molecule has 0 saturated heterocycles. The molecule has 0 aromatic rings. The smallest absolute Gasteiger partial charge is 0.104 e. The van der Waals surface area contributed by atoms with Gasteiger partial charge in [0.1, 0.15) is 6.10 Å². The molecule has 0 spiro atoms. The summed E-state index contributed by atoms with van der Waals surface area (Å²) in [6.45, 7) is 12.1. The summed E-state index contributed by atoms with van der Waals surface area (Å²) >= 11 is 0. The van der Waals surface area contributed by atoms with Gasteiger partial charge in [-0.1, -0.05) is 209 Å². The Balaban J connectivity index is 4.59. The molecule has 69 heavy (non-hydrogen) atoms. The molecule has 2 atom stereocenters. The number of hydrogen-bond acceptors (Lipinski definition) is 5. The first-order chi connectivity index (χ1) is 34.1. The first kappa shape index (κ1) is 67.2.